The van der Waals surface area contributed by atoms with Crippen LogP contribution >= 0.6 is 0 Å². The minimum Gasteiger partial charge on any atom is -0.491 e. The molecule has 8 nitrogen and oxygen atoms in total. The number of aromatic nitrogens is 4. The molecular formula is C19H18FN5O3. The quantitative estimate of drug-likeness (QED) is 0.624. The average molecular weight is 383 g/mol. The molecule has 0 bridgehead atoms. The summed E-state index contributed by atoms with van der Waals surface area (Å²) in [5.74, 6) is -0.482. The van der Waals surface area contributed by atoms with E-state index in [-0.39, 0.29) is 18.3 Å². The molecule has 1 atom stereocenters. The van der Waals surface area contributed by atoms with E-state index in [2.05, 4.69) is 15.1 Å². The second-order valence-electron chi connectivity index (χ2n) is 6.23. The van der Waals surface area contributed by atoms with Gasteiger partial charge in [0.05, 0.1) is 24.4 Å². The van der Waals surface area contributed by atoms with Gasteiger partial charge < -0.3 is 14.4 Å². The number of pyridine rings is 1. The molecule has 1 saturated heterocycles. The van der Waals surface area contributed by atoms with E-state index < -0.39 is 11.9 Å². The van der Waals surface area contributed by atoms with Gasteiger partial charge in [0, 0.05) is 12.7 Å². The molecule has 0 spiro atoms. The van der Waals surface area contributed by atoms with Crippen LogP contribution in [0.2, 0.25) is 0 Å². The third-order valence-corrected chi connectivity index (χ3v) is 4.37. The molecule has 2 aromatic heterocycles. The van der Waals surface area contributed by atoms with Gasteiger partial charge in [-0.05, 0) is 36.4 Å². The fourth-order valence-electron chi connectivity index (χ4n) is 2.95. The van der Waals surface area contributed by atoms with Crippen LogP contribution in [-0.2, 0) is 4.74 Å². The first-order chi connectivity index (χ1) is 13.7. The first-order valence-corrected chi connectivity index (χ1v) is 8.80. The zero-order valence-electron chi connectivity index (χ0n) is 14.9. The second kappa shape index (κ2) is 8.13. The van der Waals surface area contributed by atoms with Crippen molar-refractivity contribution >= 4 is 5.91 Å². The molecule has 9 heteroatoms. The summed E-state index contributed by atoms with van der Waals surface area (Å²) in [5.41, 5.74) is 0.835. The maximum atomic E-state index is 13.8. The molecular weight excluding hydrogens is 365 g/mol. The van der Waals surface area contributed by atoms with Crippen molar-refractivity contribution in [2.24, 2.45) is 0 Å². The van der Waals surface area contributed by atoms with E-state index in [4.69, 9.17) is 9.47 Å². The van der Waals surface area contributed by atoms with Crippen molar-refractivity contribution in [2.45, 2.75) is 6.10 Å². The standard InChI is InChI=1S/C19H18FN5O3/c20-18-17(2-1-7-22-18)19(26)24-8-9-27-16(10-24)11-28-15-5-3-14(4-6-15)25-13-21-12-23-25/h1-7,12-13,16H,8-11H2. The van der Waals surface area contributed by atoms with Gasteiger partial charge in [-0.2, -0.15) is 9.49 Å². The fourth-order valence-corrected chi connectivity index (χ4v) is 2.95. The van der Waals surface area contributed by atoms with Crippen LogP contribution in [0.1, 0.15) is 10.4 Å². The molecule has 3 aromatic rings. The minimum atomic E-state index is -0.765. The van der Waals surface area contributed by atoms with Crippen LogP contribution in [0.15, 0.2) is 55.2 Å². The molecule has 0 N–H and O–H groups in total. The Balaban J connectivity index is 1.34. The lowest BCUT2D eigenvalue weighted by molar-refractivity contribution is -0.0402. The lowest BCUT2D eigenvalue weighted by atomic mass is 10.2. The lowest BCUT2D eigenvalue weighted by Crippen LogP contribution is -2.47. The zero-order valence-corrected chi connectivity index (χ0v) is 14.9. The Morgan fingerprint density at radius 3 is 2.89 bits per heavy atom. The van der Waals surface area contributed by atoms with Gasteiger partial charge in [-0.15, -0.1) is 0 Å². The van der Waals surface area contributed by atoms with E-state index >= 15 is 0 Å². The SMILES string of the molecule is O=C(c1cccnc1F)N1CCOC(COc2ccc(-n3cncn3)cc2)C1. The number of morpholine rings is 1. The number of amides is 1. The van der Waals surface area contributed by atoms with Crippen molar-refractivity contribution in [3.63, 3.8) is 0 Å². The Kier molecular flexibility index (Phi) is 5.24. The van der Waals surface area contributed by atoms with Crippen LogP contribution in [-0.4, -0.2) is 63.0 Å². The Morgan fingerprint density at radius 1 is 1.29 bits per heavy atom. The summed E-state index contributed by atoms with van der Waals surface area (Å²) in [7, 11) is 0. The molecule has 1 aromatic carbocycles. The molecule has 28 heavy (non-hydrogen) atoms. The van der Waals surface area contributed by atoms with Gasteiger partial charge in [-0.25, -0.2) is 14.6 Å². The third kappa shape index (κ3) is 3.99. The molecule has 1 amide bonds. The Morgan fingerprint density at radius 2 is 2.14 bits per heavy atom. The highest BCUT2D eigenvalue weighted by Gasteiger charge is 2.27. The van der Waals surface area contributed by atoms with Gasteiger partial charge in [0.1, 0.15) is 31.1 Å². The van der Waals surface area contributed by atoms with Crippen molar-refractivity contribution in [1.82, 2.24) is 24.6 Å². The lowest BCUT2D eigenvalue weighted by Gasteiger charge is -2.32. The number of rotatable bonds is 5. The van der Waals surface area contributed by atoms with E-state index in [1.165, 1.54) is 18.6 Å². The van der Waals surface area contributed by atoms with Gasteiger partial charge in [0.2, 0.25) is 5.95 Å². The van der Waals surface area contributed by atoms with Crippen LogP contribution < -0.4 is 4.74 Å². The molecule has 1 fully saturated rings. The van der Waals surface area contributed by atoms with Crippen molar-refractivity contribution in [3.05, 3.63) is 66.8 Å². The first-order valence-electron chi connectivity index (χ1n) is 8.80. The molecule has 1 unspecified atom stereocenters. The van der Waals surface area contributed by atoms with E-state index in [0.717, 1.165) is 5.69 Å². The highest BCUT2D eigenvalue weighted by Crippen LogP contribution is 2.17. The number of carbonyl (C=O) groups is 1. The monoisotopic (exact) mass is 383 g/mol. The maximum absolute atomic E-state index is 13.8. The Bertz CT molecular complexity index is 933. The zero-order chi connectivity index (χ0) is 19.3. The van der Waals surface area contributed by atoms with Crippen LogP contribution in [0.3, 0.4) is 0 Å². The third-order valence-electron chi connectivity index (χ3n) is 4.37. The van der Waals surface area contributed by atoms with E-state index in [0.29, 0.717) is 25.4 Å². The van der Waals surface area contributed by atoms with Crippen LogP contribution in [0.25, 0.3) is 5.69 Å². The minimum absolute atomic E-state index is 0.0345. The second-order valence-corrected chi connectivity index (χ2v) is 6.23. The Labute approximate surface area is 160 Å². The number of nitrogens with zero attached hydrogens (tertiary/aromatic N) is 5. The van der Waals surface area contributed by atoms with Gasteiger partial charge in [-0.3, -0.25) is 4.79 Å². The predicted octanol–water partition coefficient (Wildman–Crippen LogP) is 1.72. The summed E-state index contributed by atoms with van der Waals surface area (Å²) in [6, 6.07) is 10.4. The van der Waals surface area contributed by atoms with E-state index in [1.807, 2.05) is 24.3 Å². The molecule has 4 rings (SSSR count). The summed E-state index contributed by atoms with van der Waals surface area (Å²) < 4.78 is 26.9. The number of hydrogen-bond donors (Lipinski definition) is 0. The highest BCUT2D eigenvalue weighted by atomic mass is 19.1. The summed E-state index contributed by atoms with van der Waals surface area (Å²) >= 11 is 0. The largest absolute Gasteiger partial charge is 0.491 e. The Hall–Kier alpha value is -3.33. The van der Waals surface area contributed by atoms with E-state index in [1.54, 1.807) is 22.0 Å². The fraction of sp³-hybridized carbons (Fsp3) is 0.263. The summed E-state index contributed by atoms with van der Waals surface area (Å²) in [5, 5.41) is 4.07. The van der Waals surface area contributed by atoms with Crippen molar-refractivity contribution in [3.8, 4) is 11.4 Å². The summed E-state index contributed by atoms with van der Waals surface area (Å²) in [4.78, 5) is 21.5. The van der Waals surface area contributed by atoms with E-state index in [9.17, 15) is 9.18 Å². The smallest absolute Gasteiger partial charge is 0.258 e. The number of carbonyl (C=O) groups excluding carboxylic acids is 1. The molecule has 3 heterocycles. The van der Waals surface area contributed by atoms with Crippen LogP contribution in [0.5, 0.6) is 5.75 Å². The first kappa shape index (κ1) is 18.1. The molecule has 0 aliphatic carbocycles. The number of hydrogen-bond acceptors (Lipinski definition) is 6. The van der Waals surface area contributed by atoms with Crippen LogP contribution in [0, 0.1) is 5.95 Å². The normalized spacial score (nSPS) is 16.8. The molecule has 0 saturated carbocycles. The predicted molar refractivity (Wildman–Crippen MR) is 96.7 cm³/mol. The molecule has 0 radical (unpaired) electrons. The van der Waals surface area contributed by atoms with Gasteiger partial charge in [0.15, 0.2) is 0 Å². The van der Waals surface area contributed by atoms with Crippen LogP contribution in [0.4, 0.5) is 4.39 Å². The number of benzene rings is 1. The topological polar surface area (TPSA) is 82.4 Å². The summed E-state index contributed by atoms with van der Waals surface area (Å²) in [6.45, 7) is 1.37. The van der Waals surface area contributed by atoms with Gasteiger partial charge in [-0.1, -0.05) is 0 Å². The van der Waals surface area contributed by atoms with Gasteiger partial charge in [0.25, 0.3) is 5.91 Å². The maximum Gasteiger partial charge on any atom is 0.258 e. The highest BCUT2D eigenvalue weighted by molar-refractivity contribution is 5.94. The van der Waals surface area contributed by atoms with Crippen molar-refractivity contribution in [1.29, 1.82) is 0 Å². The molecule has 144 valence electrons. The molecule has 1 aliphatic rings. The molecule has 1 aliphatic heterocycles. The van der Waals surface area contributed by atoms with Crippen molar-refractivity contribution < 1.29 is 18.7 Å². The number of halogens is 1. The van der Waals surface area contributed by atoms with Crippen molar-refractivity contribution in [2.75, 3.05) is 26.3 Å². The van der Waals surface area contributed by atoms with Gasteiger partial charge >= 0.3 is 0 Å². The summed E-state index contributed by atoms with van der Waals surface area (Å²) in [6.07, 6.45) is 4.10. The number of ether oxygens (including phenoxy) is 2. The average Bonchev–Trinajstić information content (AvgIpc) is 3.28.